The average Bonchev–Trinajstić information content (AvgIpc) is 2.99. The van der Waals surface area contributed by atoms with E-state index >= 15 is 0 Å². The zero-order valence-corrected chi connectivity index (χ0v) is 16.2. The summed E-state index contributed by atoms with van der Waals surface area (Å²) in [6, 6.07) is 12.8. The van der Waals surface area contributed by atoms with Gasteiger partial charge in [-0.1, -0.05) is 29.5 Å². The van der Waals surface area contributed by atoms with Crippen molar-refractivity contribution in [3.63, 3.8) is 0 Å². The van der Waals surface area contributed by atoms with Gasteiger partial charge in [0.05, 0.1) is 18.8 Å². The van der Waals surface area contributed by atoms with Gasteiger partial charge in [-0.15, -0.1) is 0 Å². The summed E-state index contributed by atoms with van der Waals surface area (Å²) in [4.78, 5) is 11.0. The van der Waals surface area contributed by atoms with Crippen LogP contribution < -0.4 is 4.31 Å². The number of hydrogen-bond donors (Lipinski definition) is 2. The number of fused-ring (bicyclic) bond motifs is 1. The van der Waals surface area contributed by atoms with E-state index < -0.39 is 22.7 Å². The molecule has 3 aromatic rings. The number of quaternary nitrogens is 1. The van der Waals surface area contributed by atoms with E-state index in [0.29, 0.717) is 5.00 Å². The lowest BCUT2D eigenvalue weighted by Crippen LogP contribution is -3.09. The summed E-state index contributed by atoms with van der Waals surface area (Å²) < 4.78 is 40.5. The number of nitrogens with one attached hydrogen (secondary N) is 1. The maximum atomic E-state index is 13.2. The maximum Gasteiger partial charge on any atom is 0.335 e. The smallest absolute Gasteiger partial charge is 0.335 e. The average molecular weight is 408 g/mol. The fourth-order valence-corrected chi connectivity index (χ4v) is 6.18. The largest absolute Gasteiger partial charge is 0.478 e. The van der Waals surface area contributed by atoms with Gasteiger partial charge in [0.15, 0.2) is 0 Å². The Kier molecular flexibility index (Phi) is 5.59. The number of carboxylic acid groups (broad SMARTS) is 1. The number of carbonyl (C=O) groups is 1. The molecule has 2 N–H and O–H groups in total. The van der Waals surface area contributed by atoms with Crippen LogP contribution in [0.4, 0.5) is 9.39 Å². The normalized spacial score (nSPS) is 13.0. The zero-order chi connectivity index (χ0) is 19.6. The second kappa shape index (κ2) is 7.75. The second-order valence-corrected chi connectivity index (χ2v) is 9.12. The number of halogens is 1. The second-order valence-electron chi connectivity index (χ2n) is 6.10. The highest BCUT2D eigenvalue weighted by atomic mass is 32.2. The maximum absolute atomic E-state index is 13.2. The van der Waals surface area contributed by atoms with Crippen LogP contribution in [0.15, 0.2) is 53.4 Å². The van der Waals surface area contributed by atoms with Gasteiger partial charge >= 0.3 is 16.0 Å². The minimum absolute atomic E-state index is 0.0114. The molecular weight excluding hydrogens is 389 g/mol. The van der Waals surface area contributed by atoms with E-state index in [1.165, 1.54) is 35.6 Å². The van der Waals surface area contributed by atoms with Crippen LogP contribution in [0, 0.1) is 6.92 Å². The summed E-state index contributed by atoms with van der Waals surface area (Å²) in [6.07, 6.45) is 0.107. The van der Waals surface area contributed by atoms with Crippen molar-refractivity contribution in [2.24, 2.45) is 0 Å². The van der Waals surface area contributed by atoms with Gasteiger partial charge in [0.2, 0.25) is 5.00 Å². The van der Waals surface area contributed by atoms with Gasteiger partial charge in [0.1, 0.15) is 4.90 Å². The number of aromatic carboxylic acids is 1. The van der Waals surface area contributed by atoms with E-state index in [9.17, 15) is 17.6 Å². The number of sulfonamides is 1. The highest BCUT2D eigenvalue weighted by Crippen LogP contribution is 2.33. The van der Waals surface area contributed by atoms with Crippen molar-refractivity contribution in [2.75, 3.05) is 13.2 Å². The fourth-order valence-electron chi connectivity index (χ4n) is 2.96. The fraction of sp³-hybridized carbons (Fsp3) is 0.211. The summed E-state index contributed by atoms with van der Waals surface area (Å²) in [5.74, 6) is -1.12. The molecule has 27 heavy (non-hydrogen) atoms. The van der Waals surface area contributed by atoms with Crippen molar-refractivity contribution < 1.29 is 27.0 Å². The van der Waals surface area contributed by atoms with Crippen LogP contribution in [0.3, 0.4) is 0 Å². The molecule has 1 unspecified atom stereocenters. The molecule has 0 fully saturated rings. The molecule has 0 bridgehead atoms. The van der Waals surface area contributed by atoms with E-state index in [-0.39, 0.29) is 27.7 Å². The third kappa shape index (κ3) is 3.73. The van der Waals surface area contributed by atoms with E-state index in [0.717, 1.165) is 15.6 Å². The Hall–Kier alpha value is -2.29. The van der Waals surface area contributed by atoms with E-state index in [4.69, 9.17) is 5.11 Å². The molecule has 0 aliphatic heterocycles. The number of thiophene rings is 1. The molecule has 5 nitrogen and oxygen atoms in total. The summed E-state index contributed by atoms with van der Waals surface area (Å²) in [6.45, 7) is 1.35. The van der Waals surface area contributed by atoms with Crippen molar-refractivity contribution >= 4 is 42.4 Å². The lowest BCUT2D eigenvalue weighted by Gasteiger charge is -2.17. The van der Waals surface area contributed by atoms with E-state index in [2.05, 4.69) is 0 Å². The van der Waals surface area contributed by atoms with Crippen LogP contribution in [-0.4, -0.2) is 32.7 Å². The molecule has 3 rings (SSSR count). The van der Waals surface area contributed by atoms with Gasteiger partial charge in [-0.3, -0.25) is 4.39 Å². The summed E-state index contributed by atoms with van der Waals surface area (Å²) in [5.41, 5.74) is 0.868. The first kappa shape index (κ1) is 19.5. The molecule has 1 aromatic heterocycles. The predicted octanol–water partition coefficient (Wildman–Crippen LogP) is 3.17. The first-order valence-corrected chi connectivity index (χ1v) is 10.6. The summed E-state index contributed by atoms with van der Waals surface area (Å²) in [7, 11) is -3.87. The Morgan fingerprint density at radius 2 is 1.81 bits per heavy atom. The van der Waals surface area contributed by atoms with Crippen LogP contribution in [0.2, 0.25) is 0 Å². The molecule has 0 spiro atoms. The minimum atomic E-state index is -3.87. The molecule has 8 heteroatoms. The lowest BCUT2D eigenvalue weighted by atomic mass is 10.2. The van der Waals surface area contributed by atoms with Gasteiger partial charge < -0.3 is 5.11 Å². The molecule has 1 heterocycles. The summed E-state index contributed by atoms with van der Waals surface area (Å²) in [5, 5.41) is 10.6. The van der Waals surface area contributed by atoms with Gasteiger partial charge in [-0.25, -0.2) is 4.79 Å². The van der Waals surface area contributed by atoms with Crippen LogP contribution in [0.5, 0.6) is 0 Å². The van der Waals surface area contributed by atoms with Crippen molar-refractivity contribution in [3.05, 3.63) is 59.7 Å². The molecule has 0 amide bonds. The molecule has 0 saturated heterocycles. The van der Waals surface area contributed by atoms with Crippen molar-refractivity contribution in [1.29, 1.82) is 0 Å². The number of carboxylic acids is 1. The van der Waals surface area contributed by atoms with E-state index in [1.54, 1.807) is 0 Å². The molecule has 1 atom stereocenters. The van der Waals surface area contributed by atoms with Gasteiger partial charge in [-0.05, 0) is 37.3 Å². The van der Waals surface area contributed by atoms with Crippen molar-refractivity contribution in [2.45, 2.75) is 18.2 Å². The summed E-state index contributed by atoms with van der Waals surface area (Å²) >= 11 is 1.38. The van der Waals surface area contributed by atoms with Gasteiger partial charge in [0.25, 0.3) is 0 Å². The van der Waals surface area contributed by atoms with Crippen LogP contribution in [0.1, 0.15) is 22.3 Å². The molecule has 0 saturated carbocycles. The topological polar surface area (TPSA) is 75.9 Å². The third-order valence-electron chi connectivity index (χ3n) is 4.37. The van der Waals surface area contributed by atoms with Crippen LogP contribution in [-0.2, 0) is 10.0 Å². The number of benzene rings is 2. The third-order valence-corrected chi connectivity index (χ3v) is 7.78. The number of alkyl halides is 1. The lowest BCUT2D eigenvalue weighted by molar-refractivity contribution is -0.688. The van der Waals surface area contributed by atoms with Crippen LogP contribution >= 0.6 is 11.3 Å². The highest BCUT2D eigenvalue weighted by Gasteiger charge is 2.33. The molecule has 0 aliphatic carbocycles. The molecule has 0 radical (unpaired) electrons. The highest BCUT2D eigenvalue weighted by molar-refractivity contribution is 7.85. The Bertz CT molecular complexity index is 1070. The Labute approximate surface area is 160 Å². The van der Waals surface area contributed by atoms with Gasteiger partial charge in [-0.2, -0.15) is 12.7 Å². The number of rotatable bonds is 7. The Balaban J connectivity index is 2.10. The quantitative estimate of drug-likeness (QED) is 0.630. The zero-order valence-electron chi connectivity index (χ0n) is 14.6. The Morgan fingerprint density at radius 3 is 2.41 bits per heavy atom. The van der Waals surface area contributed by atoms with E-state index in [1.807, 2.05) is 31.2 Å². The van der Waals surface area contributed by atoms with Crippen molar-refractivity contribution in [1.82, 2.24) is 0 Å². The predicted molar refractivity (Wildman–Crippen MR) is 103 cm³/mol. The molecule has 0 aliphatic rings. The van der Waals surface area contributed by atoms with Crippen LogP contribution in [0.25, 0.3) is 10.1 Å². The Morgan fingerprint density at radius 1 is 1.15 bits per heavy atom. The molecule has 2 aromatic carbocycles. The first-order valence-electron chi connectivity index (χ1n) is 8.35. The number of aryl methyl sites for hydroxylation is 1. The molecule has 142 valence electrons. The minimum Gasteiger partial charge on any atom is -0.478 e. The molecular formula is C19H19FNO4S2+. The van der Waals surface area contributed by atoms with Gasteiger partial charge in [0, 0.05) is 22.1 Å². The number of hydrogen-bond acceptors (Lipinski definition) is 4. The van der Waals surface area contributed by atoms with Crippen molar-refractivity contribution in [3.8, 4) is 0 Å². The first-order chi connectivity index (χ1) is 12.9. The SMILES string of the molecule is Cc1c([NH+](CCCF)S(=O)(=O)c2ccc(C(=O)O)cc2)sc2ccccc12. The monoisotopic (exact) mass is 408 g/mol. The standard InChI is InChI=1S/C19H18FNO4S2/c1-13-16-5-2-3-6-17(16)26-18(13)21(12-4-11-20)27(24,25)15-9-7-14(8-10-15)19(22)23/h2-3,5-10H,4,11-12H2,1H3,(H,22,23)/p+1.